The van der Waals surface area contributed by atoms with Crippen molar-refractivity contribution in [1.82, 2.24) is 0 Å². The van der Waals surface area contributed by atoms with Gasteiger partial charge in [0.2, 0.25) is 0 Å². The summed E-state index contributed by atoms with van der Waals surface area (Å²) in [6.45, 7) is 13.4. The second kappa shape index (κ2) is 29.2. The lowest BCUT2D eigenvalue weighted by molar-refractivity contribution is 0.486. The van der Waals surface area contributed by atoms with E-state index >= 15 is 0 Å². The molecule has 8 heteroatoms. The summed E-state index contributed by atoms with van der Waals surface area (Å²) < 4.78 is 7.45. The molecular weight excluding hydrogens is 1450 g/mol. The molecule has 21 rings (SSSR count). The average molecular weight is 1530 g/mol. The molecule has 0 fully saturated rings. The third-order valence-corrected chi connectivity index (χ3v) is 25.4. The van der Waals surface area contributed by atoms with Crippen molar-refractivity contribution in [3.63, 3.8) is 0 Å². The summed E-state index contributed by atoms with van der Waals surface area (Å²) in [7, 11) is 0. The van der Waals surface area contributed by atoms with Crippen molar-refractivity contribution >= 4 is 126 Å². The van der Waals surface area contributed by atoms with Gasteiger partial charge in [0.25, 0.3) is 13.4 Å². The van der Waals surface area contributed by atoms with E-state index in [0.717, 1.165) is 146 Å². The van der Waals surface area contributed by atoms with Crippen molar-refractivity contribution < 1.29 is 4.74 Å². The Labute approximate surface area is 697 Å². The number of hydrogen-bond acceptors (Lipinski definition) is 6. The topological polar surface area (TPSA) is 22.2 Å². The molecule has 0 radical (unpaired) electrons. The zero-order valence-corrected chi connectivity index (χ0v) is 67.7. The highest BCUT2D eigenvalue weighted by atomic mass is 32.2. The minimum Gasteiger partial charge on any atom is -0.458 e. The van der Waals surface area contributed by atoms with Crippen molar-refractivity contribution in [2.24, 2.45) is 0 Å². The van der Waals surface area contributed by atoms with Gasteiger partial charge in [-0.1, -0.05) is 368 Å². The maximum Gasteiger partial charge on any atom is 0.253 e. The van der Waals surface area contributed by atoms with Gasteiger partial charge >= 0.3 is 0 Å². The van der Waals surface area contributed by atoms with Crippen LogP contribution >= 0.6 is 11.8 Å². The zero-order chi connectivity index (χ0) is 79.3. The Hall–Kier alpha value is -13.8. The summed E-state index contributed by atoms with van der Waals surface area (Å²) in [5.74, 6) is 1.70. The van der Waals surface area contributed by atoms with E-state index in [9.17, 15) is 0 Å². The maximum atomic E-state index is 7.45. The number of hydrogen-bond donors (Lipinski definition) is 0. The fourth-order valence-corrected chi connectivity index (χ4v) is 19.8. The first kappa shape index (κ1) is 72.0. The molecule has 4 aliphatic heterocycles. The third kappa shape index (κ3) is 12.6. The first-order chi connectivity index (χ1) is 57.8. The van der Waals surface area contributed by atoms with Gasteiger partial charge in [0.1, 0.15) is 11.5 Å². The largest absolute Gasteiger partial charge is 0.458 e. The van der Waals surface area contributed by atoms with Gasteiger partial charge in [0, 0.05) is 77.9 Å². The Bertz CT molecular complexity index is 6620. The summed E-state index contributed by atoms with van der Waals surface area (Å²) in [6, 6.07) is 149. The fraction of sp³-hybridized carbons (Fsp3) is 0.0727. The predicted molar refractivity (Wildman–Crippen MR) is 502 cm³/mol. The van der Waals surface area contributed by atoms with Gasteiger partial charge in [0.05, 0.1) is 28.4 Å². The molecule has 0 saturated heterocycles. The smallest absolute Gasteiger partial charge is 0.253 e. The van der Waals surface area contributed by atoms with E-state index in [4.69, 9.17) is 4.74 Å². The van der Waals surface area contributed by atoms with Crippen LogP contribution < -0.4 is 57.1 Å². The van der Waals surface area contributed by atoms with Gasteiger partial charge < -0.3 is 24.3 Å². The minimum atomic E-state index is -0.260. The van der Waals surface area contributed by atoms with E-state index in [1.807, 2.05) is 11.8 Å². The van der Waals surface area contributed by atoms with Crippen molar-refractivity contribution in [2.45, 2.75) is 62.2 Å². The van der Waals surface area contributed by atoms with Crippen molar-refractivity contribution in [2.75, 3.05) is 19.6 Å². The SMILES string of the molecule is CC(C)(C)c1ccc(-c2cccc(-c3ccc(C(C)(C)C)cc3)c2N2c3cc4c(cc3B3c5ccccc5N(c5ccccc5)c5cc(N(c6ccc(-c7ccccc7)cc6)c6ccccc6-c6ccccc6)cc2c53)B2c3ccccc3Oc3cc(N(c5ccc(-c6ccccc6)cc5)c5ccccc5-c5ccccc5)cc(c32)S4)cc1. The molecule has 0 N–H and O–H groups in total. The highest BCUT2D eigenvalue weighted by Gasteiger charge is 2.48. The van der Waals surface area contributed by atoms with E-state index in [0.29, 0.717) is 0 Å². The Morgan fingerprint density at radius 2 is 0.669 bits per heavy atom. The Morgan fingerprint density at radius 1 is 0.263 bits per heavy atom. The number of anilines is 12. The number of para-hydroxylation sites is 6. The molecule has 0 aromatic heterocycles. The molecule has 562 valence electrons. The van der Waals surface area contributed by atoms with Crippen LogP contribution in [0, 0.1) is 0 Å². The van der Waals surface area contributed by atoms with Crippen molar-refractivity contribution in [3.05, 3.63) is 412 Å². The quantitative estimate of drug-likeness (QED) is 0.101. The van der Waals surface area contributed by atoms with Crippen molar-refractivity contribution in [3.8, 4) is 78.3 Å². The predicted octanol–water partition coefficient (Wildman–Crippen LogP) is 26.4. The molecule has 0 atom stereocenters. The lowest BCUT2D eigenvalue weighted by Gasteiger charge is -2.46. The lowest BCUT2D eigenvalue weighted by atomic mass is 9.31. The first-order valence-corrected chi connectivity index (χ1v) is 41.9. The molecule has 17 aromatic rings. The number of ether oxygens (including phenoxy) is 1. The Morgan fingerprint density at radius 3 is 1.19 bits per heavy atom. The fourth-order valence-electron chi connectivity index (χ4n) is 18.5. The molecule has 0 saturated carbocycles. The van der Waals surface area contributed by atoms with Crippen LogP contribution in [0.15, 0.2) is 410 Å². The second-order valence-corrected chi connectivity index (χ2v) is 34.6. The van der Waals surface area contributed by atoms with Gasteiger partial charge in [-0.3, -0.25) is 0 Å². The third-order valence-electron chi connectivity index (χ3n) is 24.3. The maximum absolute atomic E-state index is 7.45. The van der Waals surface area contributed by atoms with E-state index in [1.54, 1.807) is 0 Å². The molecule has 0 spiro atoms. The minimum absolute atomic E-state index is 0.0763. The van der Waals surface area contributed by atoms with Crippen molar-refractivity contribution in [1.29, 1.82) is 0 Å². The molecule has 0 bridgehead atoms. The highest BCUT2D eigenvalue weighted by Crippen LogP contribution is 2.55. The van der Waals surface area contributed by atoms with E-state index in [2.05, 4.69) is 462 Å². The number of rotatable bonds is 14. The number of fused-ring (bicyclic) bond motifs is 8. The Kier molecular flexibility index (Phi) is 17.8. The van der Waals surface area contributed by atoms with Crippen LogP contribution in [0.1, 0.15) is 52.7 Å². The Balaban J connectivity index is 0.866. The molecule has 118 heavy (non-hydrogen) atoms. The summed E-state index contributed by atoms with van der Waals surface area (Å²) in [5.41, 5.74) is 36.1. The van der Waals surface area contributed by atoms with Gasteiger partial charge in [-0.25, -0.2) is 0 Å². The van der Waals surface area contributed by atoms with Gasteiger partial charge in [-0.2, -0.15) is 0 Å². The molecule has 5 nitrogen and oxygen atoms in total. The summed E-state index contributed by atoms with van der Waals surface area (Å²) >= 11 is 1.87. The average Bonchev–Trinajstić information content (AvgIpc) is 0.683. The summed E-state index contributed by atoms with van der Waals surface area (Å²) in [6.07, 6.45) is 0. The van der Waals surface area contributed by atoms with Gasteiger partial charge in [0.15, 0.2) is 0 Å². The standard InChI is InChI=1S/C110H84B2N4OS/c1-109(2,3)81-59-51-79(52-60-81)90-43-30-44-91(80-53-61-82(62-54-80)110(4,5)6)108(90)116-99-72-104-95(112-93-46-25-29-50-102(93)117-103-69-87(70-105(118-104)107(103)112)114(85-65-57-76(58-66-85)74-33-14-8-15-34-74)97-48-27-23-42-89(97)78-37-18-10-19-38-78)71-94(99)111-92-45-24-28-49-98(92)115(83-39-20-11-21-40-83)100-67-86(68-101(116)106(100)111)113(84-63-55-75(56-64-84)73-31-12-7-13-32-73)96-47-26-22-41-88(96)77-35-16-9-17-36-77/h7-72H,1-6H3. The van der Waals surface area contributed by atoms with Crippen LogP contribution in [0.2, 0.25) is 0 Å². The van der Waals surface area contributed by atoms with E-state index in [-0.39, 0.29) is 24.3 Å². The first-order valence-electron chi connectivity index (χ1n) is 41.1. The van der Waals surface area contributed by atoms with Crippen LogP contribution in [-0.2, 0) is 10.8 Å². The molecule has 0 amide bonds. The lowest BCUT2D eigenvalue weighted by Crippen LogP contribution is -2.64. The molecule has 17 aromatic carbocycles. The molecule has 4 aliphatic rings. The number of benzene rings is 17. The van der Waals surface area contributed by atoms with Crippen LogP contribution in [0.5, 0.6) is 11.5 Å². The molecule has 0 unspecified atom stereocenters. The summed E-state index contributed by atoms with van der Waals surface area (Å²) in [5, 5.41) is 0. The van der Waals surface area contributed by atoms with Crippen LogP contribution in [0.25, 0.3) is 66.8 Å². The van der Waals surface area contributed by atoms with E-state index < -0.39 is 0 Å². The molecular formula is C110H84B2N4OS. The van der Waals surface area contributed by atoms with Crippen LogP contribution in [-0.4, -0.2) is 13.4 Å². The monoisotopic (exact) mass is 1530 g/mol. The van der Waals surface area contributed by atoms with Crippen LogP contribution in [0.3, 0.4) is 0 Å². The summed E-state index contributed by atoms with van der Waals surface area (Å²) in [4.78, 5) is 12.6. The second-order valence-electron chi connectivity index (χ2n) is 33.5. The van der Waals surface area contributed by atoms with Gasteiger partial charge in [-0.15, -0.1) is 0 Å². The molecule has 0 aliphatic carbocycles. The number of nitrogens with zero attached hydrogens (tertiary/aromatic N) is 4. The van der Waals surface area contributed by atoms with Crippen LogP contribution in [0.4, 0.5) is 68.2 Å². The zero-order valence-electron chi connectivity index (χ0n) is 66.9. The van der Waals surface area contributed by atoms with E-state index in [1.165, 1.54) is 54.5 Å². The highest BCUT2D eigenvalue weighted by molar-refractivity contribution is 8.00. The van der Waals surface area contributed by atoms with Gasteiger partial charge in [-0.05, 0) is 179 Å². The normalized spacial score (nSPS) is 12.8. The molecule has 4 heterocycles.